The van der Waals surface area contributed by atoms with E-state index in [0.717, 1.165) is 30.0 Å². The van der Waals surface area contributed by atoms with Crippen LogP contribution in [0.1, 0.15) is 39.2 Å². The molecule has 168 valence electrons. The fourth-order valence-corrected chi connectivity index (χ4v) is 4.62. The highest BCUT2D eigenvalue weighted by Gasteiger charge is 2.54. The van der Waals surface area contributed by atoms with Gasteiger partial charge in [-0.3, -0.25) is 4.79 Å². The van der Waals surface area contributed by atoms with Gasteiger partial charge in [0.1, 0.15) is 24.4 Å². The van der Waals surface area contributed by atoms with E-state index in [1.807, 2.05) is 12.1 Å². The fraction of sp³-hybridized carbons (Fsp3) is 0.565. The van der Waals surface area contributed by atoms with Crippen LogP contribution in [0.25, 0.3) is 0 Å². The Morgan fingerprint density at radius 1 is 1.32 bits per heavy atom. The van der Waals surface area contributed by atoms with Gasteiger partial charge in [0.05, 0.1) is 12.5 Å². The second kappa shape index (κ2) is 7.66. The van der Waals surface area contributed by atoms with Crippen molar-refractivity contribution in [3.63, 3.8) is 0 Å². The minimum atomic E-state index is -0.650. The molecule has 0 bridgehead atoms. The van der Waals surface area contributed by atoms with E-state index >= 15 is 0 Å². The van der Waals surface area contributed by atoms with E-state index in [-0.39, 0.29) is 18.1 Å². The Hall–Kier alpha value is -2.90. The number of carbonyl (C=O) groups is 2. The maximum absolute atomic E-state index is 12.3. The van der Waals surface area contributed by atoms with Crippen LogP contribution in [0.3, 0.4) is 0 Å². The van der Waals surface area contributed by atoms with Gasteiger partial charge in [-0.25, -0.2) is 4.79 Å². The molecule has 0 aromatic heterocycles. The number of hydrogen-bond donors (Lipinski definition) is 1. The highest BCUT2D eigenvalue weighted by molar-refractivity contribution is 5.78. The van der Waals surface area contributed by atoms with Crippen molar-refractivity contribution < 1.29 is 28.5 Å². The molecule has 3 atom stereocenters. The highest BCUT2D eigenvalue weighted by Crippen LogP contribution is 2.58. The summed E-state index contributed by atoms with van der Waals surface area (Å²) in [7, 11) is 3.72. The molecule has 3 aliphatic rings. The molecule has 2 heterocycles. The van der Waals surface area contributed by atoms with Crippen molar-refractivity contribution in [3.05, 3.63) is 29.8 Å². The zero-order chi connectivity index (χ0) is 22.4. The van der Waals surface area contributed by atoms with Crippen LogP contribution in [0.2, 0.25) is 0 Å². The molecule has 8 nitrogen and oxygen atoms in total. The monoisotopic (exact) mass is 430 g/mol. The molecule has 1 N–H and O–H groups in total. The van der Waals surface area contributed by atoms with Gasteiger partial charge in [-0.1, -0.05) is 6.08 Å². The molecule has 4 rings (SSSR count). The summed E-state index contributed by atoms with van der Waals surface area (Å²) >= 11 is 0. The van der Waals surface area contributed by atoms with Gasteiger partial charge in [-0.2, -0.15) is 0 Å². The number of alkyl carbamates (subject to hydrolysis) is 1. The van der Waals surface area contributed by atoms with Gasteiger partial charge < -0.3 is 29.2 Å². The number of amides is 1. The van der Waals surface area contributed by atoms with E-state index in [0.29, 0.717) is 12.2 Å². The second-order valence-electron chi connectivity index (χ2n) is 9.29. The van der Waals surface area contributed by atoms with Crippen LogP contribution in [-0.4, -0.2) is 57.1 Å². The Morgan fingerprint density at radius 3 is 2.81 bits per heavy atom. The molecule has 0 radical (unpaired) electrons. The lowest BCUT2D eigenvalue weighted by Gasteiger charge is -2.42. The van der Waals surface area contributed by atoms with Gasteiger partial charge >= 0.3 is 12.1 Å². The molecule has 0 saturated carbocycles. The standard InChI is InChI=1S/C23H30N2O6/c1-22(2,3)31-21(27)24-13-18(26)29-14-8-9-23-10-11-25(4)15-6-7-16(28-5)20(19(15)23)30-17(23)12-14/h6-9,14,17H,10-13H2,1-5H3,(H,24,27). The molecule has 1 amide bonds. The van der Waals surface area contributed by atoms with E-state index in [1.165, 1.54) is 0 Å². The lowest BCUT2D eigenvalue weighted by molar-refractivity contribution is -0.147. The molecule has 1 spiro atoms. The van der Waals surface area contributed by atoms with Crippen molar-refractivity contribution in [1.29, 1.82) is 0 Å². The first kappa shape index (κ1) is 21.3. The van der Waals surface area contributed by atoms with Gasteiger partial charge in [0.2, 0.25) is 0 Å². The lowest BCUT2D eigenvalue weighted by Crippen LogP contribution is -2.47. The van der Waals surface area contributed by atoms with Crippen molar-refractivity contribution in [3.8, 4) is 11.5 Å². The summed E-state index contributed by atoms with van der Waals surface area (Å²) < 4.78 is 22.6. The minimum Gasteiger partial charge on any atom is -0.493 e. The molecule has 1 aromatic carbocycles. The number of hydrogen-bond acceptors (Lipinski definition) is 7. The predicted octanol–water partition coefficient (Wildman–Crippen LogP) is 2.93. The maximum atomic E-state index is 12.3. The molecule has 1 aliphatic carbocycles. The quantitative estimate of drug-likeness (QED) is 0.581. The summed E-state index contributed by atoms with van der Waals surface area (Å²) in [6.07, 6.45) is 4.30. The van der Waals surface area contributed by atoms with Crippen LogP contribution in [0.5, 0.6) is 11.5 Å². The predicted molar refractivity (Wildman–Crippen MR) is 115 cm³/mol. The Balaban J connectivity index is 1.45. The molecular formula is C23H30N2O6. The van der Waals surface area contributed by atoms with Crippen LogP contribution in [0, 0.1) is 0 Å². The van der Waals surface area contributed by atoms with E-state index in [1.54, 1.807) is 27.9 Å². The lowest BCUT2D eigenvalue weighted by atomic mass is 9.67. The third-order valence-corrected chi connectivity index (χ3v) is 6.01. The summed E-state index contributed by atoms with van der Waals surface area (Å²) in [5.74, 6) is 0.972. The van der Waals surface area contributed by atoms with Crippen molar-refractivity contribution in [1.82, 2.24) is 5.32 Å². The number of nitrogens with zero attached hydrogens (tertiary/aromatic N) is 1. The number of carbonyl (C=O) groups excluding carboxylic acids is 2. The first-order valence-electron chi connectivity index (χ1n) is 10.6. The Kier molecular flexibility index (Phi) is 5.27. The van der Waals surface area contributed by atoms with Crippen molar-refractivity contribution in [2.45, 2.75) is 56.8 Å². The van der Waals surface area contributed by atoms with Gasteiger partial charge in [0.15, 0.2) is 11.5 Å². The topological polar surface area (TPSA) is 86.3 Å². The Bertz CT molecular complexity index is 921. The smallest absolute Gasteiger partial charge is 0.408 e. The summed E-state index contributed by atoms with van der Waals surface area (Å²) in [5, 5.41) is 2.43. The summed E-state index contributed by atoms with van der Waals surface area (Å²) in [5.41, 5.74) is 1.42. The Morgan fingerprint density at radius 2 is 2.10 bits per heavy atom. The average Bonchev–Trinajstić information content (AvgIpc) is 3.04. The maximum Gasteiger partial charge on any atom is 0.408 e. The Labute approximate surface area is 182 Å². The fourth-order valence-electron chi connectivity index (χ4n) is 4.62. The molecule has 0 saturated heterocycles. The number of rotatable bonds is 4. The van der Waals surface area contributed by atoms with Gasteiger partial charge in [0, 0.05) is 31.3 Å². The number of benzene rings is 1. The van der Waals surface area contributed by atoms with Crippen LogP contribution in [-0.2, 0) is 19.7 Å². The highest BCUT2D eigenvalue weighted by atomic mass is 16.6. The van der Waals surface area contributed by atoms with Gasteiger partial charge in [-0.15, -0.1) is 0 Å². The number of esters is 1. The molecule has 1 aromatic rings. The van der Waals surface area contributed by atoms with E-state index < -0.39 is 23.8 Å². The van der Waals surface area contributed by atoms with Crippen molar-refractivity contribution in [2.75, 3.05) is 32.1 Å². The SMILES string of the molecule is COc1ccc2c3c1OC1CC(OC(=O)CNC(=O)OC(C)(C)C)C=CC31CCN2C. The van der Waals surface area contributed by atoms with E-state index in [4.69, 9.17) is 18.9 Å². The third-order valence-electron chi connectivity index (χ3n) is 6.01. The van der Waals surface area contributed by atoms with Crippen molar-refractivity contribution >= 4 is 17.7 Å². The van der Waals surface area contributed by atoms with Gasteiger partial charge in [-0.05, 0) is 45.4 Å². The third kappa shape index (κ3) is 3.91. The summed E-state index contributed by atoms with van der Waals surface area (Å²) in [6.45, 7) is 5.94. The van der Waals surface area contributed by atoms with Crippen molar-refractivity contribution in [2.24, 2.45) is 0 Å². The zero-order valence-electron chi connectivity index (χ0n) is 18.7. The summed E-state index contributed by atoms with van der Waals surface area (Å²) in [6, 6.07) is 4.01. The number of methoxy groups -OCH3 is 1. The zero-order valence-corrected chi connectivity index (χ0v) is 18.7. The molecule has 31 heavy (non-hydrogen) atoms. The molecule has 0 fully saturated rings. The first-order valence-corrected chi connectivity index (χ1v) is 10.6. The summed E-state index contributed by atoms with van der Waals surface area (Å²) in [4.78, 5) is 26.2. The van der Waals surface area contributed by atoms with Crippen LogP contribution in [0.15, 0.2) is 24.3 Å². The molecule has 8 heteroatoms. The van der Waals surface area contributed by atoms with Crippen LogP contribution >= 0.6 is 0 Å². The number of nitrogens with one attached hydrogen (secondary N) is 1. The molecule has 3 unspecified atom stereocenters. The molecular weight excluding hydrogens is 400 g/mol. The minimum absolute atomic E-state index is 0.145. The van der Waals surface area contributed by atoms with E-state index in [9.17, 15) is 9.59 Å². The van der Waals surface area contributed by atoms with Gasteiger partial charge in [0.25, 0.3) is 0 Å². The second-order valence-corrected chi connectivity index (χ2v) is 9.29. The average molecular weight is 431 g/mol. The normalized spacial score (nSPS) is 25.8. The van der Waals surface area contributed by atoms with E-state index in [2.05, 4.69) is 29.4 Å². The van der Waals surface area contributed by atoms with Crippen LogP contribution < -0.4 is 19.7 Å². The largest absolute Gasteiger partial charge is 0.493 e. The first-order chi connectivity index (χ1) is 14.6. The number of ether oxygens (including phenoxy) is 4. The molecule has 2 aliphatic heterocycles. The van der Waals surface area contributed by atoms with Crippen LogP contribution in [0.4, 0.5) is 10.5 Å². The number of anilines is 1.